The third-order valence-corrected chi connectivity index (χ3v) is 3.85. The summed E-state index contributed by atoms with van der Waals surface area (Å²) in [6.45, 7) is 2.10. The summed E-state index contributed by atoms with van der Waals surface area (Å²) >= 11 is 1.22. The number of nitrogens with zero attached hydrogens (tertiary/aromatic N) is 2. The highest BCUT2D eigenvalue weighted by Gasteiger charge is 2.06. The van der Waals surface area contributed by atoms with Crippen LogP contribution in [0.5, 0.6) is 0 Å². The van der Waals surface area contributed by atoms with E-state index in [2.05, 4.69) is 15.5 Å². The zero-order valence-electron chi connectivity index (χ0n) is 13.8. The van der Waals surface area contributed by atoms with Gasteiger partial charge in [-0.1, -0.05) is 18.2 Å². The van der Waals surface area contributed by atoms with E-state index in [1.807, 2.05) is 30.3 Å². The molecule has 1 amide bonds. The largest absolute Gasteiger partial charge is 0.465 e. The standard InChI is InChI=1S/C18H19N3O3S/c1-2-24-18(23)13-25-12-17(22)19-14-8-10-16(11-9-14)21-20-15-6-4-3-5-7-15/h3-11H,2,12-13H2,1H3,(H,19,22). The molecule has 0 spiro atoms. The van der Waals surface area contributed by atoms with Crippen LogP contribution in [-0.2, 0) is 14.3 Å². The lowest BCUT2D eigenvalue weighted by molar-refractivity contribution is -0.139. The minimum absolute atomic E-state index is 0.167. The molecule has 0 fully saturated rings. The summed E-state index contributed by atoms with van der Waals surface area (Å²) in [4.78, 5) is 23.0. The van der Waals surface area contributed by atoms with Crippen molar-refractivity contribution in [1.29, 1.82) is 0 Å². The first-order chi connectivity index (χ1) is 12.2. The molecule has 0 aliphatic rings. The van der Waals surface area contributed by atoms with Gasteiger partial charge in [0, 0.05) is 5.69 Å². The van der Waals surface area contributed by atoms with Gasteiger partial charge < -0.3 is 10.1 Å². The molecule has 0 aromatic heterocycles. The van der Waals surface area contributed by atoms with Gasteiger partial charge in [-0.05, 0) is 43.3 Å². The van der Waals surface area contributed by atoms with Crippen LogP contribution in [0.25, 0.3) is 0 Å². The molecule has 7 heteroatoms. The summed E-state index contributed by atoms with van der Waals surface area (Å²) in [6.07, 6.45) is 0. The number of carbonyl (C=O) groups is 2. The predicted molar refractivity (Wildman–Crippen MR) is 99.6 cm³/mol. The zero-order valence-corrected chi connectivity index (χ0v) is 14.7. The van der Waals surface area contributed by atoms with Gasteiger partial charge in [0.25, 0.3) is 0 Å². The molecule has 0 aliphatic heterocycles. The fourth-order valence-electron chi connectivity index (χ4n) is 1.85. The Kier molecular flexibility index (Phi) is 7.65. The quantitative estimate of drug-likeness (QED) is 0.563. The maximum absolute atomic E-state index is 11.8. The van der Waals surface area contributed by atoms with E-state index in [-0.39, 0.29) is 23.4 Å². The summed E-state index contributed by atoms with van der Waals surface area (Å²) in [5.74, 6) is -0.129. The molecule has 0 saturated carbocycles. The average molecular weight is 357 g/mol. The average Bonchev–Trinajstić information content (AvgIpc) is 2.62. The molecule has 130 valence electrons. The van der Waals surface area contributed by atoms with Gasteiger partial charge in [-0.2, -0.15) is 10.2 Å². The Bertz CT molecular complexity index is 718. The lowest BCUT2D eigenvalue weighted by Crippen LogP contribution is -2.16. The van der Waals surface area contributed by atoms with Crippen molar-refractivity contribution >= 4 is 40.7 Å². The Balaban J connectivity index is 1.79. The fourth-order valence-corrected chi connectivity index (χ4v) is 2.46. The minimum atomic E-state index is -0.312. The number of esters is 1. The van der Waals surface area contributed by atoms with E-state index in [1.165, 1.54) is 11.8 Å². The number of benzene rings is 2. The Morgan fingerprint density at radius 3 is 2.24 bits per heavy atom. The van der Waals surface area contributed by atoms with Crippen molar-refractivity contribution in [3.05, 3.63) is 54.6 Å². The lowest BCUT2D eigenvalue weighted by atomic mass is 10.3. The van der Waals surface area contributed by atoms with Crippen LogP contribution in [0.3, 0.4) is 0 Å². The van der Waals surface area contributed by atoms with Crippen LogP contribution in [0.1, 0.15) is 6.92 Å². The Hall–Kier alpha value is -2.67. The molecule has 6 nitrogen and oxygen atoms in total. The minimum Gasteiger partial charge on any atom is -0.465 e. The van der Waals surface area contributed by atoms with Crippen LogP contribution in [0.2, 0.25) is 0 Å². The molecule has 2 aromatic rings. The van der Waals surface area contributed by atoms with Crippen LogP contribution >= 0.6 is 11.8 Å². The highest BCUT2D eigenvalue weighted by atomic mass is 32.2. The third kappa shape index (κ3) is 7.17. The molecular formula is C18H19N3O3S. The summed E-state index contributed by atoms with van der Waals surface area (Å²) in [7, 11) is 0. The van der Waals surface area contributed by atoms with Gasteiger partial charge >= 0.3 is 5.97 Å². The Morgan fingerprint density at radius 2 is 1.60 bits per heavy atom. The van der Waals surface area contributed by atoms with Crippen LogP contribution in [0.15, 0.2) is 64.8 Å². The topological polar surface area (TPSA) is 80.1 Å². The number of amides is 1. The van der Waals surface area contributed by atoms with Gasteiger partial charge in [-0.15, -0.1) is 11.8 Å². The summed E-state index contributed by atoms with van der Waals surface area (Å²) in [5, 5.41) is 11.0. The van der Waals surface area contributed by atoms with E-state index in [0.29, 0.717) is 18.0 Å². The van der Waals surface area contributed by atoms with Gasteiger partial charge in [-0.3, -0.25) is 9.59 Å². The molecular weight excluding hydrogens is 338 g/mol. The highest BCUT2D eigenvalue weighted by molar-refractivity contribution is 8.00. The van der Waals surface area contributed by atoms with Crippen LogP contribution < -0.4 is 5.32 Å². The van der Waals surface area contributed by atoms with Gasteiger partial charge in [0.1, 0.15) is 0 Å². The lowest BCUT2D eigenvalue weighted by Gasteiger charge is -2.05. The first-order valence-corrected chi connectivity index (χ1v) is 8.93. The van der Waals surface area contributed by atoms with Crippen molar-refractivity contribution in [3.8, 4) is 0 Å². The van der Waals surface area contributed by atoms with Crippen LogP contribution in [0.4, 0.5) is 17.1 Å². The molecule has 0 aliphatic carbocycles. The van der Waals surface area contributed by atoms with Crippen molar-refractivity contribution < 1.29 is 14.3 Å². The van der Waals surface area contributed by atoms with Crippen molar-refractivity contribution in [2.24, 2.45) is 10.2 Å². The number of hydrogen-bond acceptors (Lipinski definition) is 6. The van der Waals surface area contributed by atoms with Crippen molar-refractivity contribution in [2.45, 2.75) is 6.92 Å². The second-order valence-electron chi connectivity index (χ2n) is 4.93. The molecule has 0 unspecified atom stereocenters. The predicted octanol–water partition coefficient (Wildman–Crippen LogP) is 4.34. The van der Waals surface area contributed by atoms with Crippen molar-refractivity contribution in [1.82, 2.24) is 0 Å². The van der Waals surface area contributed by atoms with E-state index in [9.17, 15) is 9.59 Å². The fraction of sp³-hybridized carbons (Fsp3) is 0.222. The summed E-state index contributed by atoms with van der Waals surface area (Å²) in [6, 6.07) is 16.5. The smallest absolute Gasteiger partial charge is 0.315 e. The van der Waals surface area contributed by atoms with Gasteiger partial charge in [0.15, 0.2) is 0 Å². The van der Waals surface area contributed by atoms with Crippen LogP contribution in [0, 0.1) is 0 Å². The summed E-state index contributed by atoms with van der Waals surface area (Å²) < 4.78 is 4.80. The number of rotatable bonds is 8. The van der Waals surface area contributed by atoms with Gasteiger partial charge in [0.2, 0.25) is 5.91 Å². The molecule has 0 radical (unpaired) electrons. The third-order valence-electron chi connectivity index (χ3n) is 2.95. The number of ether oxygens (including phenoxy) is 1. The monoisotopic (exact) mass is 357 g/mol. The number of azo groups is 1. The van der Waals surface area contributed by atoms with Crippen LogP contribution in [-0.4, -0.2) is 30.0 Å². The Morgan fingerprint density at radius 1 is 0.960 bits per heavy atom. The van der Waals surface area contributed by atoms with E-state index >= 15 is 0 Å². The number of thioether (sulfide) groups is 1. The molecule has 25 heavy (non-hydrogen) atoms. The maximum atomic E-state index is 11.8. The molecule has 0 bridgehead atoms. The normalized spacial score (nSPS) is 10.6. The zero-order chi connectivity index (χ0) is 17.9. The number of hydrogen-bond donors (Lipinski definition) is 1. The maximum Gasteiger partial charge on any atom is 0.315 e. The van der Waals surface area contributed by atoms with E-state index < -0.39 is 0 Å². The first-order valence-electron chi connectivity index (χ1n) is 7.77. The number of nitrogens with one attached hydrogen (secondary N) is 1. The van der Waals surface area contributed by atoms with Crippen molar-refractivity contribution in [3.63, 3.8) is 0 Å². The molecule has 2 aromatic carbocycles. The van der Waals surface area contributed by atoms with Gasteiger partial charge in [-0.25, -0.2) is 0 Å². The highest BCUT2D eigenvalue weighted by Crippen LogP contribution is 2.20. The number of carbonyl (C=O) groups excluding carboxylic acids is 2. The van der Waals surface area contributed by atoms with E-state index in [4.69, 9.17) is 4.74 Å². The summed E-state index contributed by atoms with van der Waals surface area (Å²) in [5.41, 5.74) is 2.14. The molecule has 0 saturated heterocycles. The first kappa shape index (κ1) is 18.7. The second kappa shape index (κ2) is 10.2. The SMILES string of the molecule is CCOC(=O)CSCC(=O)Nc1ccc(N=Nc2ccccc2)cc1. The van der Waals surface area contributed by atoms with E-state index in [1.54, 1.807) is 31.2 Å². The Labute approximate surface area is 150 Å². The molecule has 2 rings (SSSR count). The van der Waals surface area contributed by atoms with Gasteiger partial charge in [0.05, 0.1) is 29.5 Å². The molecule has 0 atom stereocenters. The molecule has 0 heterocycles. The number of anilines is 1. The van der Waals surface area contributed by atoms with Crippen molar-refractivity contribution in [2.75, 3.05) is 23.4 Å². The molecule has 1 N–H and O–H groups in total. The second-order valence-corrected chi connectivity index (χ2v) is 5.91. The van der Waals surface area contributed by atoms with E-state index in [0.717, 1.165) is 5.69 Å².